The van der Waals surface area contributed by atoms with Crippen LogP contribution in [0.15, 0.2) is 30.3 Å². The van der Waals surface area contributed by atoms with Gasteiger partial charge in [0.1, 0.15) is 0 Å². The van der Waals surface area contributed by atoms with Gasteiger partial charge in [-0.05, 0) is 44.0 Å². The highest BCUT2D eigenvalue weighted by Gasteiger charge is 2.36. The van der Waals surface area contributed by atoms with Gasteiger partial charge in [0.15, 0.2) is 6.61 Å². The number of hydrogen-bond acceptors (Lipinski definition) is 4. The zero-order chi connectivity index (χ0) is 20.4. The van der Waals surface area contributed by atoms with E-state index in [0.717, 1.165) is 23.5 Å². The van der Waals surface area contributed by atoms with Crippen LogP contribution in [0, 0.1) is 19.8 Å². The van der Waals surface area contributed by atoms with Gasteiger partial charge >= 0.3 is 5.97 Å². The van der Waals surface area contributed by atoms with Crippen LogP contribution in [-0.4, -0.2) is 35.4 Å². The van der Waals surface area contributed by atoms with Crippen LogP contribution in [-0.2, 0) is 27.8 Å². The number of ether oxygens (including phenoxy) is 1. The normalized spacial score (nSPS) is 16.5. The average Bonchev–Trinajstić information content (AvgIpc) is 3.21. The van der Waals surface area contributed by atoms with Crippen molar-refractivity contribution in [2.45, 2.75) is 33.6 Å². The number of anilines is 1. The van der Waals surface area contributed by atoms with Crippen molar-refractivity contribution in [1.29, 1.82) is 0 Å². The van der Waals surface area contributed by atoms with Crippen molar-refractivity contribution in [3.63, 3.8) is 0 Å². The Kier molecular flexibility index (Phi) is 5.68. The minimum absolute atomic E-state index is 0.103. The van der Waals surface area contributed by atoms with Gasteiger partial charge in [0.2, 0.25) is 11.7 Å². The molecule has 3 rings (SSSR count). The van der Waals surface area contributed by atoms with E-state index in [9.17, 15) is 14.4 Å². The van der Waals surface area contributed by atoms with Crippen LogP contribution in [0.5, 0.6) is 0 Å². The molecule has 0 spiro atoms. The monoisotopic (exact) mass is 382 g/mol. The predicted molar refractivity (Wildman–Crippen MR) is 106 cm³/mol. The number of carbonyl (C=O) groups is 3. The van der Waals surface area contributed by atoms with Crippen LogP contribution in [0.1, 0.15) is 40.7 Å². The topological polar surface area (TPSA) is 68.6 Å². The summed E-state index contributed by atoms with van der Waals surface area (Å²) < 4.78 is 7.16. The summed E-state index contributed by atoms with van der Waals surface area (Å²) in [5.74, 6) is -1.39. The molecule has 0 unspecified atom stereocenters. The Morgan fingerprint density at radius 3 is 2.43 bits per heavy atom. The molecule has 1 aromatic heterocycles. The summed E-state index contributed by atoms with van der Waals surface area (Å²) in [5.41, 5.74) is 4.35. The molecule has 0 radical (unpaired) electrons. The Hall–Kier alpha value is -2.89. The standard InChI is InChI=1S/C22H26N2O4/c1-5-16-6-8-18(9-7-16)24-12-17(11-21(24)26)22(27)28-13-20(25)19-10-14(2)23(4)15(19)3/h6-10,17H,5,11-13H2,1-4H3/t17-/m1/s1. The lowest BCUT2D eigenvalue weighted by molar-refractivity contribution is -0.147. The number of rotatable bonds is 6. The van der Waals surface area contributed by atoms with Gasteiger partial charge in [-0.25, -0.2) is 0 Å². The van der Waals surface area contributed by atoms with Crippen LogP contribution in [0.4, 0.5) is 5.69 Å². The lowest BCUT2D eigenvalue weighted by atomic mass is 10.1. The van der Waals surface area contributed by atoms with E-state index < -0.39 is 11.9 Å². The quantitative estimate of drug-likeness (QED) is 0.569. The van der Waals surface area contributed by atoms with Gasteiger partial charge < -0.3 is 14.2 Å². The van der Waals surface area contributed by atoms with Crippen molar-refractivity contribution in [1.82, 2.24) is 4.57 Å². The summed E-state index contributed by atoms with van der Waals surface area (Å²) >= 11 is 0. The number of hydrogen-bond donors (Lipinski definition) is 0. The summed E-state index contributed by atoms with van der Waals surface area (Å²) in [5, 5.41) is 0. The van der Waals surface area contributed by atoms with Crippen LogP contribution in [0.25, 0.3) is 0 Å². The number of carbonyl (C=O) groups excluding carboxylic acids is 3. The maximum absolute atomic E-state index is 12.4. The first-order valence-electron chi connectivity index (χ1n) is 9.53. The van der Waals surface area contributed by atoms with Crippen LogP contribution in [0.2, 0.25) is 0 Å². The molecule has 1 fully saturated rings. The molecule has 148 valence electrons. The Morgan fingerprint density at radius 2 is 1.86 bits per heavy atom. The van der Waals surface area contributed by atoms with Crippen molar-refractivity contribution >= 4 is 23.3 Å². The van der Waals surface area contributed by atoms with E-state index in [4.69, 9.17) is 4.74 Å². The number of aromatic nitrogens is 1. The number of esters is 1. The maximum Gasteiger partial charge on any atom is 0.311 e. The van der Waals surface area contributed by atoms with Crippen molar-refractivity contribution in [2.75, 3.05) is 18.1 Å². The first-order valence-corrected chi connectivity index (χ1v) is 9.53. The molecule has 6 nitrogen and oxygen atoms in total. The van der Waals surface area contributed by atoms with Gasteiger partial charge in [0.05, 0.1) is 5.92 Å². The fourth-order valence-electron chi connectivity index (χ4n) is 3.50. The highest BCUT2D eigenvalue weighted by Crippen LogP contribution is 2.26. The Bertz CT molecular complexity index is 911. The van der Waals surface area contributed by atoms with Gasteiger partial charge in [0, 0.05) is 42.7 Å². The smallest absolute Gasteiger partial charge is 0.311 e. The molecule has 0 N–H and O–H groups in total. The largest absolute Gasteiger partial charge is 0.457 e. The minimum Gasteiger partial charge on any atom is -0.457 e. The Morgan fingerprint density at radius 1 is 1.18 bits per heavy atom. The zero-order valence-corrected chi connectivity index (χ0v) is 16.8. The molecule has 0 aliphatic carbocycles. The summed E-state index contributed by atoms with van der Waals surface area (Å²) in [4.78, 5) is 38.7. The Labute approximate surface area is 165 Å². The molecule has 2 heterocycles. The lowest BCUT2D eigenvalue weighted by Crippen LogP contribution is -2.27. The molecule has 1 aromatic carbocycles. The second-order valence-electron chi connectivity index (χ2n) is 7.30. The second kappa shape index (κ2) is 8.00. The highest BCUT2D eigenvalue weighted by molar-refractivity contribution is 6.01. The molecule has 1 amide bonds. The number of nitrogens with zero attached hydrogens (tertiary/aromatic N) is 2. The molecule has 28 heavy (non-hydrogen) atoms. The second-order valence-corrected chi connectivity index (χ2v) is 7.30. The summed E-state index contributed by atoms with van der Waals surface area (Å²) in [6.45, 7) is 5.82. The third kappa shape index (κ3) is 3.86. The van der Waals surface area contributed by atoms with Crippen molar-refractivity contribution < 1.29 is 19.1 Å². The van der Waals surface area contributed by atoms with E-state index in [1.54, 1.807) is 11.0 Å². The van der Waals surface area contributed by atoms with Gasteiger partial charge in [-0.15, -0.1) is 0 Å². The van der Waals surface area contributed by atoms with E-state index in [0.29, 0.717) is 5.56 Å². The predicted octanol–water partition coefficient (Wildman–Crippen LogP) is 2.98. The molecule has 1 atom stereocenters. The van der Waals surface area contributed by atoms with E-state index in [1.807, 2.05) is 49.7 Å². The van der Waals surface area contributed by atoms with Crippen LogP contribution >= 0.6 is 0 Å². The Balaban J connectivity index is 1.59. The molecular weight excluding hydrogens is 356 g/mol. The van der Waals surface area contributed by atoms with E-state index in [-0.39, 0.29) is 31.3 Å². The molecule has 0 bridgehead atoms. The van der Waals surface area contributed by atoms with Crippen molar-refractivity contribution in [2.24, 2.45) is 13.0 Å². The van der Waals surface area contributed by atoms with Crippen LogP contribution in [0.3, 0.4) is 0 Å². The van der Waals surface area contributed by atoms with E-state index in [1.165, 1.54) is 5.56 Å². The molecule has 1 aliphatic rings. The third-order valence-corrected chi connectivity index (χ3v) is 5.54. The summed E-state index contributed by atoms with van der Waals surface area (Å²) in [6, 6.07) is 9.56. The molecule has 6 heteroatoms. The first-order chi connectivity index (χ1) is 13.3. The number of Topliss-reactive ketones (excluding diaryl/α,β-unsaturated/α-hetero) is 1. The average molecular weight is 382 g/mol. The number of ketones is 1. The van der Waals surface area contributed by atoms with Crippen molar-refractivity contribution in [3.8, 4) is 0 Å². The summed E-state index contributed by atoms with van der Waals surface area (Å²) in [7, 11) is 1.89. The zero-order valence-electron chi connectivity index (χ0n) is 16.8. The van der Waals surface area contributed by atoms with Gasteiger partial charge in [-0.1, -0.05) is 19.1 Å². The SMILES string of the molecule is CCc1ccc(N2C[C@H](C(=O)OCC(=O)c3cc(C)n(C)c3C)CC2=O)cc1. The number of benzene rings is 1. The highest BCUT2D eigenvalue weighted by atomic mass is 16.5. The molecule has 0 saturated carbocycles. The third-order valence-electron chi connectivity index (χ3n) is 5.54. The fraction of sp³-hybridized carbons (Fsp3) is 0.409. The van der Waals surface area contributed by atoms with Crippen molar-refractivity contribution in [3.05, 3.63) is 52.8 Å². The van der Waals surface area contributed by atoms with Gasteiger partial charge in [-0.2, -0.15) is 0 Å². The van der Waals surface area contributed by atoms with Crippen LogP contribution < -0.4 is 4.90 Å². The number of amides is 1. The van der Waals surface area contributed by atoms with E-state index >= 15 is 0 Å². The first kappa shape index (κ1) is 19.9. The molecular formula is C22H26N2O4. The lowest BCUT2D eigenvalue weighted by Gasteiger charge is -2.17. The molecule has 1 aliphatic heterocycles. The maximum atomic E-state index is 12.4. The van der Waals surface area contributed by atoms with Gasteiger partial charge in [-0.3, -0.25) is 14.4 Å². The molecule has 2 aromatic rings. The molecule has 1 saturated heterocycles. The number of aryl methyl sites for hydroxylation is 2. The van der Waals surface area contributed by atoms with E-state index in [2.05, 4.69) is 6.92 Å². The minimum atomic E-state index is -0.551. The summed E-state index contributed by atoms with van der Waals surface area (Å²) in [6.07, 6.45) is 1.03. The van der Waals surface area contributed by atoms with Gasteiger partial charge in [0.25, 0.3) is 0 Å². The fourth-order valence-corrected chi connectivity index (χ4v) is 3.50.